The smallest absolute Gasteiger partial charge is 0.217 e. The number of nitrogens with two attached hydrogens (primary N) is 1. The maximum absolute atomic E-state index is 11.9. The Morgan fingerprint density at radius 3 is 2.63 bits per heavy atom. The maximum Gasteiger partial charge on any atom is 0.217 e. The minimum Gasteiger partial charge on any atom is -0.490 e. The van der Waals surface area contributed by atoms with Crippen LogP contribution in [0.25, 0.3) is 0 Å². The summed E-state index contributed by atoms with van der Waals surface area (Å²) in [5.41, 5.74) is 6.15. The minimum absolute atomic E-state index is 0.0129. The van der Waals surface area contributed by atoms with Crippen LogP contribution in [-0.2, 0) is 10.0 Å². The minimum atomic E-state index is -3.45. The normalized spacial score (nSPS) is 13.5. The van der Waals surface area contributed by atoms with Crippen LogP contribution in [0.5, 0.6) is 5.75 Å². The lowest BCUT2D eigenvalue weighted by molar-refractivity contribution is 0.213. The molecule has 0 bridgehead atoms. The standard InChI is InChI=1S/C12H20N2O4S/c1-10(9-15)14(2)19(16,17)8-7-18-12-6-4-3-5-11(12)13/h3-6,10,15H,7-9,13H2,1-2H3. The van der Waals surface area contributed by atoms with Gasteiger partial charge in [0.1, 0.15) is 12.4 Å². The largest absolute Gasteiger partial charge is 0.490 e. The Labute approximate surface area is 113 Å². The van der Waals surface area contributed by atoms with Gasteiger partial charge in [-0.2, -0.15) is 4.31 Å². The summed E-state index contributed by atoms with van der Waals surface area (Å²) in [6.07, 6.45) is 0. The molecule has 0 aliphatic heterocycles. The van der Waals surface area contributed by atoms with Gasteiger partial charge in [-0.3, -0.25) is 0 Å². The molecule has 1 aromatic carbocycles. The topological polar surface area (TPSA) is 92.9 Å². The number of hydrogen-bond acceptors (Lipinski definition) is 5. The molecule has 0 amide bonds. The molecule has 108 valence electrons. The molecule has 19 heavy (non-hydrogen) atoms. The van der Waals surface area contributed by atoms with E-state index in [4.69, 9.17) is 15.6 Å². The molecule has 1 atom stereocenters. The van der Waals surface area contributed by atoms with Gasteiger partial charge in [-0.1, -0.05) is 12.1 Å². The van der Waals surface area contributed by atoms with Gasteiger partial charge in [-0.15, -0.1) is 0 Å². The van der Waals surface area contributed by atoms with Gasteiger partial charge in [0.25, 0.3) is 0 Å². The maximum atomic E-state index is 11.9. The molecule has 1 aromatic rings. The molecule has 1 rings (SSSR count). The van der Waals surface area contributed by atoms with Crippen LogP contribution < -0.4 is 10.5 Å². The fraction of sp³-hybridized carbons (Fsp3) is 0.500. The van der Waals surface area contributed by atoms with Crippen LogP contribution in [0.1, 0.15) is 6.92 Å². The number of para-hydroxylation sites is 2. The summed E-state index contributed by atoms with van der Waals surface area (Å²) in [6.45, 7) is 1.43. The van der Waals surface area contributed by atoms with E-state index in [2.05, 4.69) is 0 Å². The van der Waals surface area contributed by atoms with Gasteiger partial charge in [0, 0.05) is 13.1 Å². The molecule has 0 saturated heterocycles. The molecule has 0 saturated carbocycles. The van der Waals surface area contributed by atoms with Gasteiger partial charge in [0.15, 0.2) is 0 Å². The van der Waals surface area contributed by atoms with Crippen LogP contribution in [0.2, 0.25) is 0 Å². The van der Waals surface area contributed by atoms with E-state index in [1.54, 1.807) is 31.2 Å². The molecule has 3 N–H and O–H groups in total. The van der Waals surface area contributed by atoms with Crippen molar-refractivity contribution in [3.05, 3.63) is 24.3 Å². The monoisotopic (exact) mass is 288 g/mol. The quantitative estimate of drug-likeness (QED) is 0.703. The van der Waals surface area contributed by atoms with E-state index in [1.165, 1.54) is 7.05 Å². The number of aliphatic hydroxyl groups is 1. The highest BCUT2D eigenvalue weighted by Gasteiger charge is 2.22. The number of anilines is 1. The van der Waals surface area contributed by atoms with Gasteiger partial charge in [0.2, 0.25) is 10.0 Å². The number of benzene rings is 1. The van der Waals surface area contributed by atoms with E-state index in [0.717, 1.165) is 4.31 Å². The number of sulfonamides is 1. The first-order valence-electron chi connectivity index (χ1n) is 5.92. The number of nitrogens with zero attached hydrogens (tertiary/aromatic N) is 1. The fourth-order valence-electron chi connectivity index (χ4n) is 1.40. The predicted octanol–water partition coefficient (Wildman–Crippen LogP) is 0.290. The lowest BCUT2D eigenvalue weighted by Gasteiger charge is -2.22. The SMILES string of the molecule is CC(CO)N(C)S(=O)(=O)CCOc1ccccc1N. The molecule has 0 spiro atoms. The van der Waals surface area contributed by atoms with Crippen LogP contribution in [0.3, 0.4) is 0 Å². The number of ether oxygens (including phenoxy) is 1. The molecule has 0 fully saturated rings. The van der Waals surface area contributed by atoms with Gasteiger partial charge < -0.3 is 15.6 Å². The van der Waals surface area contributed by atoms with Crippen molar-refractivity contribution in [3.8, 4) is 5.75 Å². The Bertz CT molecular complexity index is 504. The van der Waals surface area contributed by atoms with E-state index in [9.17, 15) is 8.42 Å². The molecule has 0 aliphatic carbocycles. The second-order valence-corrected chi connectivity index (χ2v) is 6.40. The third-order valence-corrected chi connectivity index (χ3v) is 4.76. The fourth-order valence-corrected chi connectivity index (χ4v) is 2.60. The molecule has 0 aliphatic rings. The first-order valence-corrected chi connectivity index (χ1v) is 7.53. The second kappa shape index (κ2) is 6.74. The Hall–Kier alpha value is -1.31. The summed E-state index contributed by atoms with van der Waals surface area (Å²) in [7, 11) is -2.01. The highest BCUT2D eigenvalue weighted by molar-refractivity contribution is 7.89. The Kier molecular flexibility index (Phi) is 5.59. The lowest BCUT2D eigenvalue weighted by Crippen LogP contribution is -2.39. The van der Waals surface area contributed by atoms with Gasteiger partial charge in [-0.05, 0) is 19.1 Å². The number of rotatable bonds is 7. The summed E-state index contributed by atoms with van der Waals surface area (Å²) in [5, 5.41) is 8.95. The first kappa shape index (κ1) is 15.7. The van der Waals surface area contributed by atoms with E-state index < -0.39 is 16.1 Å². The van der Waals surface area contributed by atoms with Gasteiger partial charge >= 0.3 is 0 Å². The zero-order valence-electron chi connectivity index (χ0n) is 11.1. The lowest BCUT2D eigenvalue weighted by atomic mass is 10.3. The number of aliphatic hydroxyl groups excluding tert-OH is 1. The van der Waals surface area contributed by atoms with Crippen molar-refractivity contribution < 1.29 is 18.3 Å². The molecule has 0 radical (unpaired) electrons. The van der Waals surface area contributed by atoms with Crippen molar-refractivity contribution >= 4 is 15.7 Å². The zero-order chi connectivity index (χ0) is 14.5. The highest BCUT2D eigenvalue weighted by atomic mass is 32.2. The van der Waals surface area contributed by atoms with Gasteiger partial charge in [-0.25, -0.2) is 8.42 Å². The Morgan fingerprint density at radius 1 is 1.42 bits per heavy atom. The van der Waals surface area contributed by atoms with E-state index in [0.29, 0.717) is 11.4 Å². The third-order valence-electron chi connectivity index (χ3n) is 2.84. The van der Waals surface area contributed by atoms with Crippen LogP contribution >= 0.6 is 0 Å². The molecular formula is C12H20N2O4S. The number of hydrogen-bond donors (Lipinski definition) is 2. The van der Waals surface area contributed by atoms with Crippen molar-refractivity contribution in [2.75, 3.05) is 31.7 Å². The summed E-state index contributed by atoms with van der Waals surface area (Å²) < 4.78 is 30.3. The number of nitrogen functional groups attached to an aromatic ring is 1. The van der Waals surface area contributed by atoms with Crippen molar-refractivity contribution in [2.24, 2.45) is 0 Å². The van der Waals surface area contributed by atoms with Crippen molar-refractivity contribution in [3.63, 3.8) is 0 Å². The second-order valence-electron chi connectivity index (χ2n) is 4.25. The van der Waals surface area contributed by atoms with Crippen LogP contribution in [0.15, 0.2) is 24.3 Å². The Morgan fingerprint density at radius 2 is 2.05 bits per heavy atom. The molecular weight excluding hydrogens is 268 g/mol. The van der Waals surface area contributed by atoms with Crippen molar-refractivity contribution in [1.29, 1.82) is 0 Å². The summed E-state index contributed by atoms with van der Waals surface area (Å²) >= 11 is 0. The molecule has 0 aromatic heterocycles. The highest BCUT2D eigenvalue weighted by Crippen LogP contribution is 2.19. The van der Waals surface area contributed by atoms with E-state index >= 15 is 0 Å². The van der Waals surface area contributed by atoms with Crippen LogP contribution in [0, 0.1) is 0 Å². The Balaban J connectivity index is 2.55. The van der Waals surface area contributed by atoms with Crippen molar-refractivity contribution in [2.45, 2.75) is 13.0 Å². The van der Waals surface area contributed by atoms with Gasteiger partial charge in [0.05, 0.1) is 18.0 Å². The summed E-state index contributed by atoms with van der Waals surface area (Å²) in [4.78, 5) is 0. The van der Waals surface area contributed by atoms with Crippen molar-refractivity contribution in [1.82, 2.24) is 4.31 Å². The molecule has 7 heteroatoms. The van der Waals surface area contributed by atoms with E-state index in [1.807, 2.05) is 0 Å². The third kappa shape index (κ3) is 4.38. The molecule has 1 unspecified atom stereocenters. The number of likely N-dealkylation sites (N-methyl/N-ethyl adjacent to an activating group) is 1. The van der Waals surface area contributed by atoms with Crippen LogP contribution in [-0.4, -0.2) is 49.9 Å². The zero-order valence-corrected chi connectivity index (χ0v) is 11.9. The van der Waals surface area contributed by atoms with E-state index in [-0.39, 0.29) is 19.0 Å². The first-order chi connectivity index (χ1) is 8.88. The summed E-state index contributed by atoms with van der Waals surface area (Å²) in [6, 6.07) is 6.45. The predicted molar refractivity (Wildman–Crippen MR) is 74.4 cm³/mol. The average Bonchev–Trinajstić information content (AvgIpc) is 2.39. The average molecular weight is 288 g/mol. The molecule has 0 heterocycles. The molecule has 6 nitrogen and oxygen atoms in total. The van der Waals surface area contributed by atoms with Crippen LogP contribution in [0.4, 0.5) is 5.69 Å². The summed E-state index contributed by atoms with van der Waals surface area (Å²) in [5.74, 6) is 0.304.